The number of anilines is 2. The van der Waals surface area contributed by atoms with Crippen LogP contribution in [0, 0.1) is 6.92 Å². The van der Waals surface area contributed by atoms with E-state index in [1.807, 2.05) is 60.4 Å². The van der Waals surface area contributed by atoms with Gasteiger partial charge in [0, 0.05) is 41.9 Å². The Hall–Kier alpha value is -3.28. The molecule has 0 radical (unpaired) electrons. The van der Waals surface area contributed by atoms with Crippen LogP contribution in [-0.4, -0.2) is 33.4 Å². The van der Waals surface area contributed by atoms with Gasteiger partial charge in [0.15, 0.2) is 5.82 Å². The standard InChI is InChI=1S/C20H19N5O/c1-14-12-18(24-19(22-14)15-6-5-10-21-13-15)23-17-9-11-25(20(17)26)16-7-3-2-4-8-16/h2-8,10,12-13,17H,9,11H2,1H3,(H,22,23,24). The Morgan fingerprint density at radius 3 is 2.73 bits per heavy atom. The molecule has 2 aromatic heterocycles. The monoisotopic (exact) mass is 345 g/mol. The maximum Gasteiger partial charge on any atom is 0.249 e. The first-order chi connectivity index (χ1) is 12.7. The van der Waals surface area contributed by atoms with Gasteiger partial charge in [0.25, 0.3) is 0 Å². The highest BCUT2D eigenvalue weighted by Crippen LogP contribution is 2.24. The number of hydrogen-bond donors (Lipinski definition) is 1. The molecular weight excluding hydrogens is 326 g/mol. The van der Waals surface area contributed by atoms with E-state index >= 15 is 0 Å². The molecule has 3 heterocycles. The van der Waals surface area contributed by atoms with Gasteiger partial charge in [-0.2, -0.15) is 0 Å². The van der Waals surface area contributed by atoms with E-state index in [1.54, 1.807) is 12.4 Å². The van der Waals surface area contributed by atoms with Gasteiger partial charge >= 0.3 is 0 Å². The van der Waals surface area contributed by atoms with Gasteiger partial charge in [-0.25, -0.2) is 9.97 Å². The van der Waals surface area contributed by atoms with E-state index in [2.05, 4.69) is 20.3 Å². The number of hydrogen-bond acceptors (Lipinski definition) is 5. The van der Waals surface area contributed by atoms with Crippen molar-refractivity contribution in [2.75, 3.05) is 16.8 Å². The maximum atomic E-state index is 12.8. The van der Waals surface area contributed by atoms with Crippen molar-refractivity contribution in [3.63, 3.8) is 0 Å². The molecule has 1 amide bonds. The Labute approximate surface area is 151 Å². The van der Waals surface area contributed by atoms with E-state index in [9.17, 15) is 4.79 Å². The first-order valence-electron chi connectivity index (χ1n) is 8.60. The Kier molecular flexibility index (Phi) is 4.31. The van der Waals surface area contributed by atoms with Crippen LogP contribution in [0.4, 0.5) is 11.5 Å². The summed E-state index contributed by atoms with van der Waals surface area (Å²) in [5.74, 6) is 1.32. The summed E-state index contributed by atoms with van der Waals surface area (Å²) in [4.78, 5) is 27.7. The summed E-state index contributed by atoms with van der Waals surface area (Å²) in [5.41, 5.74) is 2.62. The molecular formula is C20H19N5O. The van der Waals surface area contributed by atoms with Gasteiger partial charge in [0.2, 0.25) is 5.91 Å². The molecule has 1 fully saturated rings. The summed E-state index contributed by atoms with van der Waals surface area (Å²) in [6.07, 6.45) is 4.18. The highest BCUT2D eigenvalue weighted by Gasteiger charge is 2.32. The highest BCUT2D eigenvalue weighted by molar-refractivity contribution is 6.00. The lowest BCUT2D eigenvalue weighted by Gasteiger charge is -2.17. The highest BCUT2D eigenvalue weighted by atomic mass is 16.2. The number of nitrogens with zero attached hydrogens (tertiary/aromatic N) is 4. The zero-order valence-electron chi connectivity index (χ0n) is 14.5. The minimum atomic E-state index is -0.286. The van der Waals surface area contributed by atoms with Crippen LogP contribution in [0.3, 0.4) is 0 Å². The summed E-state index contributed by atoms with van der Waals surface area (Å²) in [5, 5.41) is 3.28. The topological polar surface area (TPSA) is 71.0 Å². The van der Waals surface area contributed by atoms with Crippen LogP contribution in [0.1, 0.15) is 12.1 Å². The number of carbonyl (C=O) groups is 1. The molecule has 1 aromatic carbocycles. The average molecular weight is 345 g/mol. The van der Waals surface area contributed by atoms with Gasteiger partial charge in [-0.15, -0.1) is 0 Å². The molecule has 0 saturated carbocycles. The molecule has 0 spiro atoms. The van der Waals surface area contributed by atoms with Crippen LogP contribution in [0.2, 0.25) is 0 Å². The molecule has 1 aliphatic heterocycles. The van der Waals surface area contributed by atoms with E-state index in [-0.39, 0.29) is 11.9 Å². The van der Waals surface area contributed by atoms with Crippen LogP contribution in [0.5, 0.6) is 0 Å². The second kappa shape index (κ2) is 6.92. The van der Waals surface area contributed by atoms with Gasteiger partial charge in [-0.05, 0) is 37.6 Å². The van der Waals surface area contributed by atoms with E-state index in [0.29, 0.717) is 18.2 Å². The molecule has 1 atom stereocenters. The summed E-state index contributed by atoms with van der Waals surface area (Å²) >= 11 is 0. The van der Waals surface area contributed by atoms with E-state index in [0.717, 1.165) is 23.4 Å². The molecule has 1 unspecified atom stereocenters. The average Bonchev–Trinajstić information content (AvgIpc) is 3.03. The molecule has 4 rings (SSSR count). The van der Waals surface area contributed by atoms with E-state index in [4.69, 9.17) is 0 Å². The summed E-state index contributed by atoms with van der Waals surface area (Å²) < 4.78 is 0. The fourth-order valence-electron chi connectivity index (χ4n) is 3.12. The quantitative estimate of drug-likeness (QED) is 0.787. The molecule has 130 valence electrons. The maximum absolute atomic E-state index is 12.8. The van der Waals surface area contributed by atoms with Crippen LogP contribution >= 0.6 is 0 Å². The zero-order valence-corrected chi connectivity index (χ0v) is 14.5. The number of aromatic nitrogens is 3. The van der Waals surface area contributed by atoms with Crippen molar-refractivity contribution in [2.24, 2.45) is 0 Å². The molecule has 6 nitrogen and oxygen atoms in total. The third kappa shape index (κ3) is 3.26. The van der Waals surface area contributed by atoms with Crippen molar-refractivity contribution in [1.82, 2.24) is 15.0 Å². The number of amides is 1. The SMILES string of the molecule is Cc1cc(NC2CCN(c3ccccc3)C2=O)nc(-c2cccnc2)n1. The number of carbonyl (C=O) groups excluding carboxylic acids is 1. The molecule has 3 aromatic rings. The Morgan fingerprint density at radius 1 is 1.12 bits per heavy atom. The van der Waals surface area contributed by atoms with Crippen LogP contribution in [0.25, 0.3) is 11.4 Å². The molecule has 1 aliphatic rings. The predicted octanol–water partition coefficient (Wildman–Crippen LogP) is 3.06. The largest absolute Gasteiger partial charge is 0.358 e. The molecule has 1 N–H and O–H groups in total. The van der Waals surface area contributed by atoms with E-state index in [1.165, 1.54) is 0 Å². The minimum absolute atomic E-state index is 0.0652. The van der Waals surface area contributed by atoms with Crippen LogP contribution < -0.4 is 10.2 Å². The number of benzene rings is 1. The first-order valence-corrected chi connectivity index (χ1v) is 8.60. The summed E-state index contributed by atoms with van der Waals surface area (Å²) in [6.45, 7) is 2.61. The first kappa shape index (κ1) is 16.2. The van der Waals surface area contributed by atoms with Crippen molar-refractivity contribution in [2.45, 2.75) is 19.4 Å². The van der Waals surface area contributed by atoms with Gasteiger partial charge < -0.3 is 10.2 Å². The van der Waals surface area contributed by atoms with Crippen molar-refractivity contribution >= 4 is 17.4 Å². The van der Waals surface area contributed by atoms with Gasteiger partial charge in [-0.3, -0.25) is 9.78 Å². The van der Waals surface area contributed by atoms with Crippen molar-refractivity contribution in [3.8, 4) is 11.4 Å². The Morgan fingerprint density at radius 2 is 1.96 bits per heavy atom. The Balaban J connectivity index is 1.55. The normalized spacial score (nSPS) is 16.7. The fraction of sp³-hybridized carbons (Fsp3) is 0.200. The van der Waals surface area contributed by atoms with Crippen molar-refractivity contribution in [3.05, 3.63) is 66.6 Å². The number of aryl methyl sites for hydroxylation is 1. The Bertz CT molecular complexity index is 914. The molecule has 26 heavy (non-hydrogen) atoms. The lowest BCUT2D eigenvalue weighted by Crippen LogP contribution is -2.33. The lowest BCUT2D eigenvalue weighted by atomic mass is 10.2. The zero-order chi connectivity index (χ0) is 17.9. The number of rotatable bonds is 4. The van der Waals surface area contributed by atoms with Crippen molar-refractivity contribution < 1.29 is 4.79 Å². The molecule has 0 aliphatic carbocycles. The number of pyridine rings is 1. The van der Waals surface area contributed by atoms with Gasteiger partial charge in [0.05, 0.1) is 0 Å². The predicted molar refractivity (Wildman–Crippen MR) is 101 cm³/mol. The lowest BCUT2D eigenvalue weighted by molar-refractivity contribution is -0.117. The smallest absolute Gasteiger partial charge is 0.249 e. The number of para-hydroxylation sites is 1. The van der Waals surface area contributed by atoms with Crippen molar-refractivity contribution in [1.29, 1.82) is 0 Å². The second-order valence-corrected chi connectivity index (χ2v) is 6.27. The third-order valence-electron chi connectivity index (χ3n) is 4.37. The molecule has 0 bridgehead atoms. The summed E-state index contributed by atoms with van der Waals surface area (Å²) in [7, 11) is 0. The number of nitrogens with one attached hydrogen (secondary N) is 1. The van der Waals surface area contributed by atoms with Gasteiger partial charge in [-0.1, -0.05) is 18.2 Å². The van der Waals surface area contributed by atoms with Crippen LogP contribution in [0.15, 0.2) is 60.9 Å². The third-order valence-corrected chi connectivity index (χ3v) is 4.37. The summed E-state index contributed by atoms with van der Waals surface area (Å²) in [6, 6.07) is 15.1. The van der Waals surface area contributed by atoms with Gasteiger partial charge in [0.1, 0.15) is 11.9 Å². The molecule has 6 heteroatoms. The minimum Gasteiger partial charge on any atom is -0.358 e. The van der Waals surface area contributed by atoms with Crippen LogP contribution in [-0.2, 0) is 4.79 Å². The second-order valence-electron chi connectivity index (χ2n) is 6.27. The van der Waals surface area contributed by atoms with E-state index < -0.39 is 0 Å². The fourth-order valence-corrected chi connectivity index (χ4v) is 3.12. The molecule has 1 saturated heterocycles.